The number of fused-ring (bicyclic) bond motifs is 1. The molecule has 2 N–H and O–H groups in total. The summed E-state index contributed by atoms with van der Waals surface area (Å²) in [5, 5.41) is 29.0. The highest BCUT2D eigenvalue weighted by atomic mass is 32.2. The first-order valence-electron chi connectivity index (χ1n) is 7.05. The number of benzene rings is 2. The van der Waals surface area contributed by atoms with E-state index < -0.39 is 24.2 Å². The van der Waals surface area contributed by atoms with Crippen LogP contribution in [-0.4, -0.2) is 22.6 Å². The van der Waals surface area contributed by atoms with Gasteiger partial charge in [0.1, 0.15) is 29.5 Å². The van der Waals surface area contributed by atoms with Gasteiger partial charge in [-0.25, -0.2) is 8.78 Å². The fourth-order valence-electron chi connectivity index (χ4n) is 2.78. The van der Waals surface area contributed by atoms with E-state index >= 15 is 0 Å². The van der Waals surface area contributed by atoms with Crippen molar-refractivity contribution < 1.29 is 23.7 Å². The Morgan fingerprint density at radius 1 is 1.17 bits per heavy atom. The first-order valence-corrected chi connectivity index (χ1v) is 8.28. The summed E-state index contributed by atoms with van der Waals surface area (Å²) in [4.78, 5) is 0.626. The highest BCUT2D eigenvalue weighted by Crippen LogP contribution is 2.49. The molecule has 0 heterocycles. The van der Waals surface area contributed by atoms with Gasteiger partial charge in [0, 0.05) is 22.1 Å². The number of aliphatic hydroxyl groups excluding tert-OH is 2. The van der Waals surface area contributed by atoms with Crippen LogP contribution in [0.4, 0.5) is 8.78 Å². The third kappa shape index (κ3) is 2.73. The molecule has 0 fully saturated rings. The molecule has 7 heteroatoms. The first-order chi connectivity index (χ1) is 11.5. The number of aliphatic hydroxyl groups is 2. The highest BCUT2D eigenvalue weighted by Gasteiger charge is 2.43. The van der Waals surface area contributed by atoms with E-state index in [4.69, 9.17) is 10.00 Å². The second-order valence-corrected chi connectivity index (χ2v) is 6.16. The van der Waals surface area contributed by atoms with E-state index in [0.717, 1.165) is 12.1 Å². The zero-order chi connectivity index (χ0) is 17.4. The average Bonchev–Trinajstić information content (AvgIpc) is 2.80. The maximum atomic E-state index is 14.1. The number of thioether (sulfide) groups is 1. The molecule has 0 amide bonds. The summed E-state index contributed by atoms with van der Waals surface area (Å²) in [6.07, 6.45) is -3.09. The maximum Gasteiger partial charge on any atom is 0.160 e. The Labute approximate surface area is 141 Å². The van der Waals surface area contributed by atoms with Crippen LogP contribution < -0.4 is 4.74 Å². The molecule has 0 saturated carbocycles. The molecule has 3 atom stereocenters. The van der Waals surface area contributed by atoms with E-state index in [2.05, 4.69) is 0 Å². The van der Waals surface area contributed by atoms with Crippen LogP contribution in [0.1, 0.15) is 28.9 Å². The molecule has 4 nitrogen and oxygen atoms in total. The van der Waals surface area contributed by atoms with Crippen LogP contribution in [0.2, 0.25) is 0 Å². The van der Waals surface area contributed by atoms with E-state index in [-0.39, 0.29) is 28.2 Å². The number of alkyl halides is 1. The molecule has 0 bridgehead atoms. The molecule has 0 aliphatic heterocycles. The number of halogens is 2. The molecule has 0 aromatic heterocycles. The Morgan fingerprint density at radius 2 is 1.88 bits per heavy atom. The number of ether oxygens (including phenoxy) is 1. The third-order valence-corrected chi connectivity index (χ3v) is 4.65. The Bertz CT molecular complexity index is 837. The summed E-state index contributed by atoms with van der Waals surface area (Å²) < 4.78 is 33.2. The fourth-order valence-corrected chi connectivity index (χ4v) is 3.43. The van der Waals surface area contributed by atoms with Gasteiger partial charge in [-0.2, -0.15) is 5.26 Å². The minimum atomic E-state index is -1.86. The van der Waals surface area contributed by atoms with Crippen LogP contribution >= 0.6 is 11.8 Å². The lowest BCUT2D eigenvalue weighted by atomic mass is 10.1. The van der Waals surface area contributed by atoms with Crippen molar-refractivity contribution >= 4 is 11.8 Å². The number of nitrogens with zero attached hydrogens (tertiary/aromatic N) is 1. The van der Waals surface area contributed by atoms with Gasteiger partial charge in [0.15, 0.2) is 6.17 Å². The fraction of sp³-hybridized carbons (Fsp3) is 0.235. The second kappa shape index (κ2) is 6.40. The van der Waals surface area contributed by atoms with E-state index in [9.17, 15) is 19.0 Å². The summed E-state index contributed by atoms with van der Waals surface area (Å²) in [6, 6.07) is 8.45. The van der Waals surface area contributed by atoms with Crippen molar-refractivity contribution in [3.8, 4) is 17.6 Å². The zero-order valence-corrected chi connectivity index (χ0v) is 13.3. The molecular formula is C17H13F2NO3S. The quantitative estimate of drug-likeness (QED) is 0.828. The molecular weight excluding hydrogens is 336 g/mol. The highest BCUT2D eigenvalue weighted by molar-refractivity contribution is 7.98. The monoisotopic (exact) mass is 349 g/mol. The minimum Gasteiger partial charge on any atom is -0.457 e. The number of hydrogen-bond donors (Lipinski definition) is 2. The Kier molecular flexibility index (Phi) is 4.45. The maximum absolute atomic E-state index is 14.1. The molecule has 1 aliphatic rings. The molecule has 2 aromatic rings. The largest absolute Gasteiger partial charge is 0.457 e. The lowest BCUT2D eigenvalue weighted by molar-refractivity contribution is 0.00841. The van der Waals surface area contributed by atoms with Crippen molar-refractivity contribution in [1.82, 2.24) is 0 Å². The smallest absolute Gasteiger partial charge is 0.160 e. The summed E-state index contributed by atoms with van der Waals surface area (Å²) in [7, 11) is 0. The topological polar surface area (TPSA) is 73.5 Å². The lowest BCUT2D eigenvalue weighted by Gasteiger charge is -2.15. The number of nitriles is 1. The predicted molar refractivity (Wildman–Crippen MR) is 84.2 cm³/mol. The molecule has 2 aromatic carbocycles. The van der Waals surface area contributed by atoms with Crippen molar-refractivity contribution in [1.29, 1.82) is 5.26 Å². The number of hydrogen-bond acceptors (Lipinski definition) is 5. The molecule has 0 radical (unpaired) electrons. The average molecular weight is 349 g/mol. The van der Waals surface area contributed by atoms with Crippen molar-refractivity contribution in [3.63, 3.8) is 0 Å². The van der Waals surface area contributed by atoms with Gasteiger partial charge >= 0.3 is 0 Å². The van der Waals surface area contributed by atoms with E-state index in [1.807, 2.05) is 6.07 Å². The van der Waals surface area contributed by atoms with E-state index in [1.165, 1.54) is 23.9 Å². The SMILES string of the molecule is CSc1ccc(Oc2cc(F)cc(C#N)c2)c2c1C(O)C(F)C2O. The van der Waals surface area contributed by atoms with Crippen LogP contribution in [0.3, 0.4) is 0 Å². The Balaban J connectivity index is 2.08. The van der Waals surface area contributed by atoms with Gasteiger partial charge in [0.2, 0.25) is 0 Å². The van der Waals surface area contributed by atoms with Gasteiger partial charge < -0.3 is 14.9 Å². The molecule has 124 valence electrons. The van der Waals surface area contributed by atoms with E-state index in [0.29, 0.717) is 4.90 Å². The third-order valence-electron chi connectivity index (χ3n) is 3.85. The summed E-state index contributed by atoms with van der Waals surface area (Å²) in [6.45, 7) is 0. The van der Waals surface area contributed by atoms with Crippen LogP contribution in [0, 0.1) is 17.1 Å². The van der Waals surface area contributed by atoms with Crippen molar-refractivity contribution in [2.75, 3.05) is 6.26 Å². The standard InChI is InChI=1S/C17H13F2NO3S/c1-24-12-3-2-11(13-14(12)17(22)15(19)16(13)21)23-10-5-8(7-20)4-9(18)6-10/h2-6,15-17,21-22H,1H3. The molecule has 0 spiro atoms. The van der Waals surface area contributed by atoms with Crippen molar-refractivity contribution in [2.24, 2.45) is 0 Å². The molecule has 3 unspecified atom stereocenters. The predicted octanol–water partition coefficient (Wildman–Crippen LogP) is 3.63. The van der Waals surface area contributed by atoms with Crippen LogP contribution in [0.5, 0.6) is 11.5 Å². The lowest BCUT2D eigenvalue weighted by Crippen LogP contribution is -2.12. The molecule has 24 heavy (non-hydrogen) atoms. The van der Waals surface area contributed by atoms with Gasteiger partial charge in [-0.3, -0.25) is 0 Å². The first kappa shape index (κ1) is 16.7. The minimum absolute atomic E-state index is 0.0506. The molecule has 3 rings (SSSR count). The Morgan fingerprint density at radius 3 is 2.54 bits per heavy atom. The van der Waals surface area contributed by atoms with Crippen molar-refractivity contribution in [2.45, 2.75) is 23.3 Å². The van der Waals surface area contributed by atoms with Gasteiger partial charge in [0.05, 0.1) is 11.6 Å². The summed E-state index contributed by atoms with van der Waals surface area (Å²) >= 11 is 1.31. The molecule has 0 saturated heterocycles. The Hall–Kier alpha value is -2.14. The number of rotatable bonds is 3. The summed E-state index contributed by atoms with van der Waals surface area (Å²) in [5.41, 5.74) is 0.493. The molecule has 1 aliphatic carbocycles. The van der Waals surface area contributed by atoms with Crippen LogP contribution in [0.25, 0.3) is 0 Å². The zero-order valence-electron chi connectivity index (χ0n) is 12.5. The van der Waals surface area contributed by atoms with Crippen LogP contribution in [-0.2, 0) is 0 Å². The van der Waals surface area contributed by atoms with Crippen LogP contribution in [0.15, 0.2) is 35.2 Å². The normalized spacial score (nSPS) is 22.1. The van der Waals surface area contributed by atoms with E-state index in [1.54, 1.807) is 12.3 Å². The van der Waals surface area contributed by atoms with Gasteiger partial charge in [-0.1, -0.05) is 0 Å². The van der Waals surface area contributed by atoms with Crippen molar-refractivity contribution in [3.05, 3.63) is 52.8 Å². The second-order valence-electron chi connectivity index (χ2n) is 5.32. The van der Waals surface area contributed by atoms with Gasteiger partial charge in [-0.05, 0) is 30.5 Å². The summed E-state index contributed by atoms with van der Waals surface area (Å²) in [5.74, 6) is -0.482. The van der Waals surface area contributed by atoms with Gasteiger partial charge in [-0.15, -0.1) is 11.8 Å². The van der Waals surface area contributed by atoms with Gasteiger partial charge in [0.25, 0.3) is 0 Å².